The van der Waals surface area contributed by atoms with Gasteiger partial charge < -0.3 is 29.9 Å². The smallest absolute Gasteiger partial charge is 0.271 e. The maximum Gasteiger partial charge on any atom is 0.271 e. The Morgan fingerprint density at radius 1 is 0.818 bits per heavy atom. The molecule has 6 aromatic rings. The highest BCUT2D eigenvalue weighted by Gasteiger charge is 2.37. The highest BCUT2D eigenvalue weighted by atomic mass is 35.5. The summed E-state index contributed by atoms with van der Waals surface area (Å²) in [5.41, 5.74) is 7.45. The van der Waals surface area contributed by atoms with Crippen LogP contribution in [-0.4, -0.2) is 56.7 Å². The molecule has 10 heteroatoms. The molecule has 2 aliphatic heterocycles. The van der Waals surface area contributed by atoms with E-state index in [9.17, 15) is 15.0 Å². The molecule has 3 atom stereocenters. The van der Waals surface area contributed by atoms with Crippen LogP contribution in [0, 0.1) is 0 Å². The Morgan fingerprint density at radius 3 is 2.31 bits per heavy atom. The molecule has 280 valence electrons. The van der Waals surface area contributed by atoms with Crippen molar-refractivity contribution in [3.8, 4) is 11.1 Å². The van der Waals surface area contributed by atoms with Crippen molar-refractivity contribution >= 4 is 28.5 Å². The first kappa shape index (κ1) is 36.9. The van der Waals surface area contributed by atoms with Crippen molar-refractivity contribution in [2.45, 2.75) is 56.5 Å². The molecule has 3 N–H and O–H groups in total. The Kier molecular flexibility index (Phi) is 11.0. The fourth-order valence-electron chi connectivity index (χ4n) is 7.54. The second kappa shape index (κ2) is 16.4. The van der Waals surface area contributed by atoms with Crippen LogP contribution in [0.4, 0.5) is 0 Å². The Bertz CT molecular complexity index is 2260. The second-order valence-corrected chi connectivity index (χ2v) is 14.9. The number of para-hydroxylation sites is 2. The molecule has 0 aliphatic carbocycles. The summed E-state index contributed by atoms with van der Waals surface area (Å²) in [6, 6.07) is 39.2. The minimum Gasteiger partial charge on any atom is -0.392 e. The predicted octanol–water partition coefficient (Wildman–Crippen LogP) is 7.90. The fourth-order valence-corrected chi connectivity index (χ4v) is 7.67. The molecule has 0 bridgehead atoms. The molecule has 5 aromatic carbocycles. The Morgan fingerprint density at radius 2 is 1.55 bits per heavy atom. The number of carbonyl (C=O) groups excluding carboxylic acids is 1. The van der Waals surface area contributed by atoms with Gasteiger partial charge in [-0.1, -0.05) is 96.5 Å². The summed E-state index contributed by atoms with van der Waals surface area (Å²) >= 11 is 6.11. The summed E-state index contributed by atoms with van der Waals surface area (Å²) in [5, 5.41) is 24.8. The van der Waals surface area contributed by atoms with E-state index in [1.54, 1.807) is 0 Å². The second-order valence-electron chi connectivity index (χ2n) is 14.4. The molecule has 8 rings (SSSR count). The number of rotatable bonds is 10. The van der Waals surface area contributed by atoms with Gasteiger partial charge in [-0.15, -0.1) is 0 Å². The summed E-state index contributed by atoms with van der Waals surface area (Å²) in [7, 11) is 0. The van der Waals surface area contributed by atoms with Crippen molar-refractivity contribution in [2.75, 3.05) is 19.6 Å². The van der Waals surface area contributed by atoms with Crippen LogP contribution in [-0.2, 0) is 28.2 Å². The van der Waals surface area contributed by atoms with Gasteiger partial charge in [0.1, 0.15) is 5.69 Å². The molecule has 3 heterocycles. The van der Waals surface area contributed by atoms with Crippen LogP contribution < -0.4 is 5.32 Å². The van der Waals surface area contributed by atoms with E-state index in [2.05, 4.69) is 44.5 Å². The van der Waals surface area contributed by atoms with Crippen LogP contribution >= 0.6 is 11.6 Å². The summed E-state index contributed by atoms with van der Waals surface area (Å²) in [4.78, 5) is 24.2. The first-order valence-electron chi connectivity index (χ1n) is 18.7. The normalized spacial score (nSPS) is 19.9. The Labute approximate surface area is 325 Å². The maximum absolute atomic E-state index is 13.0. The number of ether oxygens (including phenoxy) is 2. The monoisotopic (exact) mass is 754 g/mol. The third kappa shape index (κ3) is 8.63. The third-order valence-corrected chi connectivity index (χ3v) is 10.9. The lowest BCUT2D eigenvalue weighted by atomic mass is 9.84. The Hall–Kier alpha value is -5.00. The molecule has 0 radical (unpaired) electrons. The van der Waals surface area contributed by atoms with Crippen LogP contribution in [0.5, 0.6) is 0 Å². The average molecular weight is 755 g/mol. The van der Waals surface area contributed by atoms with Gasteiger partial charge in [0.2, 0.25) is 0 Å². The molecule has 2 fully saturated rings. The minimum atomic E-state index is -0.883. The topological polar surface area (TPSA) is 117 Å². The summed E-state index contributed by atoms with van der Waals surface area (Å²) < 4.78 is 13.4. The van der Waals surface area contributed by atoms with E-state index in [0.717, 1.165) is 57.6 Å². The third-order valence-electron chi connectivity index (χ3n) is 10.7. The van der Waals surface area contributed by atoms with Crippen molar-refractivity contribution in [2.24, 2.45) is 0 Å². The molecule has 3 unspecified atom stereocenters. The number of amides is 1. The van der Waals surface area contributed by atoms with Crippen molar-refractivity contribution in [1.82, 2.24) is 20.2 Å². The van der Waals surface area contributed by atoms with Crippen LogP contribution in [0.2, 0.25) is 5.02 Å². The van der Waals surface area contributed by atoms with Gasteiger partial charge in [-0.25, -0.2) is 4.98 Å². The van der Waals surface area contributed by atoms with Crippen LogP contribution in [0.15, 0.2) is 128 Å². The largest absolute Gasteiger partial charge is 0.392 e. The van der Waals surface area contributed by atoms with Crippen molar-refractivity contribution in [1.29, 1.82) is 0 Å². The minimum absolute atomic E-state index is 0.0169. The van der Waals surface area contributed by atoms with E-state index in [1.807, 2.05) is 97.1 Å². The van der Waals surface area contributed by atoms with Crippen molar-refractivity contribution < 1.29 is 24.5 Å². The number of nitrogens with zero attached hydrogens (tertiary/aromatic N) is 3. The molecule has 9 nitrogen and oxygen atoms in total. The number of piperidine rings is 1. The Balaban J connectivity index is 0.968. The zero-order valence-electron chi connectivity index (χ0n) is 30.4. The average Bonchev–Trinajstić information content (AvgIpc) is 3.24. The van der Waals surface area contributed by atoms with Gasteiger partial charge in [-0.3, -0.25) is 9.78 Å². The van der Waals surface area contributed by atoms with E-state index in [4.69, 9.17) is 21.1 Å². The van der Waals surface area contributed by atoms with Gasteiger partial charge in [0.25, 0.3) is 5.91 Å². The molecule has 0 saturated carbocycles. The lowest BCUT2D eigenvalue weighted by molar-refractivity contribution is -0.253. The SMILES string of the molecule is O=C(NCc1cccc(-c2cccc(C3OC(CN4CCC(O)(c5ccc(Cl)cc5)CC4)CC(c4ccc(CO)cc4)O3)c2)c1)c1cnc2ccccc2n1. The standard InChI is InChI=1S/C45H43ClN4O5/c46-37-17-15-36(16-18-37)45(53)19-21-50(22-20-45)28-38-25-42(32-13-11-30(29-51)12-14-32)55-44(54-38)35-8-4-7-34(24-35)33-6-3-5-31(23-33)26-48-43(52)41-27-47-39-9-1-2-10-40(39)49-41/h1-18,23-24,27,38,42,44,51,53H,19-22,25-26,28-29H2,(H,48,52). The zero-order valence-corrected chi connectivity index (χ0v) is 31.1. The zero-order chi connectivity index (χ0) is 37.8. The molecule has 0 spiro atoms. The number of aromatic nitrogens is 2. The molecule has 2 saturated heterocycles. The first-order valence-corrected chi connectivity index (χ1v) is 19.1. The van der Waals surface area contributed by atoms with Crippen LogP contribution in [0.3, 0.4) is 0 Å². The van der Waals surface area contributed by atoms with E-state index in [-0.39, 0.29) is 30.4 Å². The highest BCUT2D eigenvalue weighted by molar-refractivity contribution is 6.30. The number of fused-ring (bicyclic) bond motifs is 1. The van der Waals surface area contributed by atoms with E-state index in [1.165, 1.54) is 6.20 Å². The lowest BCUT2D eigenvalue weighted by Gasteiger charge is -2.42. The lowest BCUT2D eigenvalue weighted by Crippen LogP contribution is -2.46. The molecule has 1 aromatic heterocycles. The van der Waals surface area contributed by atoms with E-state index < -0.39 is 11.9 Å². The number of hydrogen-bond donors (Lipinski definition) is 3. The van der Waals surface area contributed by atoms with Crippen molar-refractivity contribution in [3.63, 3.8) is 0 Å². The number of halogens is 1. The summed E-state index contributed by atoms with van der Waals surface area (Å²) in [5.74, 6) is -0.283. The number of carbonyl (C=O) groups is 1. The molecular formula is C45H43ClN4O5. The highest BCUT2D eigenvalue weighted by Crippen LogP contribution is 2.40. The fraction of sp³-hybridized carbons (Fsp3) is 0.267. The first-order chi connectivity index (χ1) is 26.8. The molecule has 2 aliphatic rings. The van der Waals surface area contributed by atoms with Gasteiger partial charge in [0.15, 0.2) is 6.29 Å². The summed E-state index contributed by atoms with van der Waals surface area (Å²) in [6.07, 6.45) is 2.48. The van der Waals surface area contributed by atoms with E-state index >= 15 is 0 Å². The number of aliphatic hydroxyl groups excluding tert-OH is 1. The van der Waals surface area contributed by atoms with Crippen LogP contribution in [0.1, 0.15) is 70.0 Å². The van der Waals surface area contributed by atoms with Crippen molar-refractivity contribution in [3.05, 3.63) is 166 Å². The number of benzene rings is 5. The maximum atomic E-state index is 13.0. The number of nitrogens with one attached hydrogen (secondary N) is 1. The summed E-state index contributed by atoms with van der Waals surface area (Å²) in [6.45, 7) is 2.50. The van der Waals surface area contributed by atoms with Gasteiger partial charge >= 0.3 is 0 Å². The predicted molar refractivity (Wildman–Crippen MR) is 212 cm³/mol. The van der Waals surface area contributed by atoms with Gasteiger partial charge in [0.05, 0.1) is 41.6 Å². The molecule has 1 amide bonds. The van der Waals surface area contributed by atoms with Gasteiger partial charge in [0, 0.05) is 43.2 Å². The van der Waals surface area contributed by atoms with Gasteiger partial charge in [-0.05, 0) is 82.6 Å². The van der Waals surface area contributed by atoms with Crippen LogP contribution in [0.25, 0.3) is 22.2 Å². The number of aliphatic hydroxyl groups is 2. The molecule has 55 heavy (non-hydrogen) atoms. The number of hydrogen-bond acceptors (Lipinski definition) is 8. The van der Waals surface area contributed by atoms with E-state index in [0.29, 0.717) is 42.9 Å². The molecular weight excluding hydrogens is 712 g/mol. The number of likely N-dealkylation sites (tertiary alicyclic amines) is 1. The quantitative estimate of drug-likeness (QED) is 0.129. The van der Waals surface area contributed by atoms with Gasteiger partial charge in [-0.2, -0.15) is 0 Å².